The van der Waals surface area contributed by atoms with Crippen molar-refractivity contribution in [3.05, 3.63) is 40.7 Å². The summed E-state index contributed by atoms with van der Waals surface area (Å²) < 4.78 is 10.4. The van der Waals surface area contributed by atoms with Gasteiger partial charge < -0.3 is 15.2 Å². The highest BCUT2D eigenvalue weighted by molar-refractivity contribution is 5.49. The van der Waals surface area contributed by atoms with Crippen LogP contribution >= 0.6 is 0 Å². The molecule has 8 nitrogen and oxygen atoms in total. The van der Waals surface area contributed by atoms with Gasteiger partial charge in [0.05, 0.1) is 30.5 Å². The summed E-state index contributed by atoms with van der Waals surface area (Å²) in [7, 11) is 1.39. The van der Waals surface area contributed by atoms with Crippen molar-refractivity contribution in [2.75, 3.05) is 12.8 Å². The highest BCUT2D eigenvalue weighted by Gasteiger charge is 2.13. The Hall–Kier alpha value is -2.90. The third-order valence-electron chi connectivity index (χ3n) is 2.22. The number of hydrogen-bond donors (Lipinski definition) is 1. The number of nitro groups is 1. The predicted molar refractivity (Wildman–Crippen MR) is 66.2 cm³/mol. The molecule has 2 aromatic rings. The van der Waals surface area contributed by atoms with Gasteiger partial charge in [-0.1, -0.05) is 0 Å². The van der Waals surface area contributed by atoms with Crippen molar-refractivity contribution in [1.29, 1.82) is 0 Å². The second kappa shape index (κ2) is 5.17. The van der Waals surface area contributed by atoms with Crippen LogP contribution < -0.4 is 15.2 Å². The number of nitrogens with two attached hydrogens (primary N) is 1. The first-order valence-electron chi connectivity index (χ1n) is 5.18. The Kier molecular flexibility index (Phi) is 3.42. The quantitative estimate of drug-likeness (QED) is 0.659. The number of aromatic nitrogens is 2. The summed E-state index contributed by atoms with van der Waals surface area (Å²) in [6.07, 6.45) is 2.68. The molecule has 0 spiro atoms. The lowest BCUT2D eigenvalue weighted by Crippen LogP contribution is -1.96. The summed E-state index contributed by atoms with van der Waals surface area (Å²) in [5.41, 5.74) is 5.31. The van der Waals surface area contributed by atoms with E-state index in [9.17, 15) is 10.1 Å². The minimum atomic E-state index is -0.519. The molecule has 0 saturated heterocycles. The number of nitro benzene ring substituents is 1. The molecule has 0 bridgehead atoms. The van der Waals surface area contributed by atoms with Crippen LogP contribution in [0.2, 0.25) is 0 Å². The molecule has 0 aliphatic rings. The Labute approximate surface area is 108 Å². The van der Waals surface area contributed by atoms with Gasteiger partial charge in [0.1, 0.15) is 5.82 Å². The third-order valence-corrected chi connectivity index (χ3v) is 2.22. The fourth-order valence-electron chi connectivity index (χ4n) is 1.35. The van der Waals surface area contributed by atoms with Crippen molar-refractivity contribution in [2.24, 2.45) is 0 Å². The Balaban J connectivity index is 2.29. The van der Waals surface area contributed by atoms with E-state index in [1.54, 1.807) is 0 Å². The average Bonchev–Trinajstić information content (AvgIpc) is 2.41. The van der Waals surface area contributed by atoms with E-state index in [-0.39, 0.29) is 23.1 Å². The number of nitrogen functional groups attached to an aromatic ring is 1. The molecule has 0 radical (unpaired) electrons. The molecule has 19 heavy (non-hydrogen) atoms. The standard InChI is InChI=1S/C11H10N4O4/c1-18-9-4-7(15(16)17)2-3-8(9)19-11-6-13-10(12)5-14-11/h2-6H,1H3,(H2,12,13). The van der Waals surface area contributed by atoms with Crippen LogP contribution in [0.25, 0.3) is 0 Å². The maximum Gasteiger partial charge on any atom is 0.273 e. The van der Waals surface area contributed by atoms with Gasteiger partial charge in [0.2, 0.25) is 5.88 Å². The van der Waals surface area contributed by atoms with Gasteiger partial charge in [0.15, 0.2) is 11.5 Å². The Bertz CT molecular complexity index is 600. The van der Waals surface area contributed by atoms with E-state index in [1.165, 1.54) is 37.7 Å². The van der Waals surface area contributed by atoms with E-state index in [4.69, 9.17) is 15.2 Å². The Morgan fingerprint density at radius 2 is 2.05 bits per heavy atom. The normalized spacial score (nSPS) is 9.95. The molecule has 8 heteroatoms. The molecule has 2 rings (SSSR count). The lowest BCUT2D eigenvalue weighted by atomic mass is 10.3. The van der Waals surface area contributed by atoms with Crippen LogP contribution in [-0.4, -0.2) is 22.0 Å². The SMILES string of the molecule is COc1cc([N+](=O)[O-])ccc1Oc1cnc(N)cn1. The predicted octanol–water partition coefficient (Wildman–Crippen LogP) is 1.77. The Morgan fingerprint density at radius 3 is 2.63 bits per heavy atom. The topological polar surface area (TPSA) is 113 Å². The fraction of sp³-hybridized carbons (Fsp3) is 0.0909. The minimum absolute atomic E-state index is 0.0902. The second-order valence-corrected chi connectivity index (χ2v) is 3.47. The summed E-state index contributed by atoms with van der Waals surface area (Å²) in [5.74, 6) is 1.00. The molecule has 98 valence electrons. The highest BCUT2D eigenvalue weighted by atomic mass is 16.6. The van der Waals surface area contributed by atoms with Crippen molar-refractivity contribution in [3.63, 3.8) is 0 Å². The monoisotopic (exact) mass is 262 g/mol. The lowest BCUT2D eigenvalue weighted by Gasteiger charge is -2.08. The van der Waals surface area contributed by atoms with Gasteiger partial charge >= 0.3 is 0 Å². The number of nitrogens with zero attached hydrogens (tertiary/aromatic N) is 3. The molecule has 0 aliphatic carbocycles. The molecule has 2 N–H and O–H groups in total. The largest absolute Gasteiger partial charge is 0.493 e. The lowest BCUT2D eigenvalue weighted by molar-refractivity contribution is -0.384. The van der Waals surface area contributed by atoms with Crippen LogP contribution in [-0.2, 0) is 0 Å². The summed E-state index contributed by atoms with van der Waals surface area (Å²) in [5, 5.41) is 10.6. The molecule has 0 fully saturated rings. The molecule has 1 aromatic carbocycles. The number of anilines is 1. The van der Waals surface area contributed by atoms with Gasteiger partial charge in [0.25, 0.3) is 5.69 Å². The van der Waals surface area contributed by atoms with E-state index in [0.29, 0.717) is 5.75 Å². The molecule has 1 aromatic heterocycles. The van der Waals surface area contributed by atoms with E-state index >= 15 is 0 Å². The van der Waals surface area contributed by atoms with Crippen LogP contribution in [0.1, 0.15) is 0 Å². The van der Waals surface area contributed by atoms with Crippen molar-refractivity contribution >= 4 is 11.5 Å². The summed E-state index contributed by atoms with van der Waals surface area (Å²) >= 11 is 0. The summed E-state index contributed by atoms with van der Waals surface area (Å²) in [6, 6.07) is 4.00. The number of hydrogen-bond acceptors (Lipinski definition) is 7. The number of methoxy groups -OCH3 is 1. The molecule has 0 amide bonds. The third kappa shape index (κ3) is 2.86. The average molecular weight is 262 g/mol. The zero-order valence-electron chi connectivity index (χ0n) is 9.94. The number of benzene rings is 1. The zero-order valence-corrected chi connectivity index (χ0v) is 9.94. The molecular weight excluding hydrogens is 252 g/mol. The first kappa shape index (κ1) is 12.6. The zero-order chi connectivity index (χ0) is 13.8. The van der Waals surface area contributed by atoms with Crippen molar-refractivity contribution in [1.82, 2.24) is 9.97 Å². The van der Waals surface area contributed by atoms with Crippen LogP contribution in [0, 0.1) is 10.1 Å². The molecule has 0 unspecified atom stereocenters. The molecule has 1 heterocycles. The van der Waals surface area contributed by atoms with Gasteiger partial charge in [0, 0.05) is 6.07 Å². The van der Waals surface area contributed by atoms with Crippen molar-refractivity contribution in [3.8, 4) is 17.4 Å². The number of rotatable bonds is 4. The van der Waals surface area contributed by atoms with E-state index in [2.05, 4.69) is 9.97 Å². The molecule has 0 aliphatic heterocycles. The van der Waals surface area contributed by atoms with Gasteiger partial charge in [-0.3, -0.25) is 10.1 Å². The van der Waals surface area contributed by atoms with Crippen LogP contribution in [0.4, 0.5) is 11.5 Å². The van der Waals surface area contributed by atoms with Crippen LogP contribution in [0.3, 0.4) is 0 Å². The van der Waals surface area contributed by atoms with E-state index in [0.717, 1.165) is 0 Å². The first-order chi connectivity index (χ1) is 9.10. The molecule has 0 atom stereocenters. The Morgan fingerprint density at radius 1 is 1.26 bits per heavy atom. The first-order valence-corrected chi connectivity index (χ1v) is 5.18. The smallest absolute Gasteiger partial charge is 0.273 e. The van der Waals surface area contributed by atoms with E-state index < -0.39 is 4.92 Å². The minimum Gasteiger partial charge on any atom is -0.493 e. The summed E-state index contributed by atoms with van der Waals surface area (Å²) in [4.78, 5) is 17.9. The van der Waals surface area contributed by atoms with Crippen molar-refractivity contribution in [2.45, 2.75) is 0 Å². The van der Waals surface area contributed by atoms with Crippen molar-refractivity contribution < 1.29 is 14.4 Å². The number of non-ortho nitro benzene ring substituents is 1. The van der Waals surface area contributed by atoms with Gasteiger partial charge in [-0.05, 0) is 6.07 Å². The van der Waals surface area contributed by atoms with Gasteiger partial charge in [-0.15, -0.1) is 0 Å². The van der Waals surface area contributed by atoms with Crippen LogP contribution in [0.15, 0.2) is 30.6 Å². The fourth-order valence-corrected chi connectivity index (χ4v) is 1.35. The van der Waals surface area contributed by atoms with E-state index in [1.807, 2.05) is 0 Å². The number of ether oxygens (including phenoxy) is 2. The summed E-state index contributed by atoms with van der Waals surface area (Å²) in [6.45, 7) is 0. The van der Waals surface area contributed by atoms with Gasteiger partial charge in [-0.25, -0.2) is 9.97 Å². The highest BCUT2D eigenvalue weighted by Crippen LogP contribution is 2.33. The maximum absolute atomic E-state index is 10.6. The second-order valence-electron chi connectivity index (χ2n) is 3.47. The van der Waals surface area contributed by atoms with Crippen LogP contribution in [0.5, 0.6) is 17.4 Å². The molecule has 0 saturated carbocycles. The maximum atomic E-state index is 10.6. The van der Waals surface area contributed by atoms with Gasteiger partial charge in [-0.2, -0.15) is 0 Å². The molecular formula is C11H10N4O4.